The van der Waals surface area contributed by atoms with E-state index in [0.717, 1.165) is 31.1 Å². The van der Waals surface area contributed by atoms with Crippen molar-refractivity contribution in [3.05, 3.63) is 23.3 Å². The predicted molar refractivity (Wildman–Crippen MR) is 145 cm³/mol. The van der Waals surface area contributed by atoms with E-state index in [2.05, 4.69) is 86.1 Å². The van der Waals surface area contributed by atoms with Crippen LogP contribution in [-0.2, 0) is 13.6 Å². The maximum absolute atomic E-state index is 6.71. The molecule has 0 spiro atoms. The van der Waals surface area contributed by atoms with E-state index >= 15 is 0 Å². The van der Waals surface area contributed by atoms with Crippen molar-refractivity contribution < 1.29 is 13.6 Å². The standard InChI is InChI=1S/C27H54O3Si2/c1-22(2)14-15-24(4)23(3)13-12-19-27(5)26(30-32(9,10)11)17-16-25(21-28-27)18-20-29-31(6,7)8/h14,18,23-24,26H,12-13,15-17,19-21H2,1-11H3/t23?,24?,26-,27+/m1/s1. The van der Waals surface area contributed by atoms with Crippen molar-refractivity contribution in [2.75, 3.05) is 13.2 Å². The van der Waals surface area contributed by atoms with Crippen molar-refractivity contribution in [1.82, 2.24) is 0 Å². The van der Waals surface area contributed by atoms with Gasteiger partial charge < -0.3 is 13.6 Å². The van der Waals surface area contributed by atoms with Gasteiger partial charge in [0, 0.05) is 0 Å². The van der Waals surface area contributed by atoms with Crippen LogP contribution in [-0.4, -0.2) is 41.6 Å². The molecule has 0 saturated carbocycles. The highest BCUT2D eigenvalue weighted by Crippen LogP contribution is 2.36. The first-order valence-electron chi connectivity index (χ1n) is 12.9. The lowest BCUT2D eigenvalue weighted by atomic mass is 9.84. The van der Waals surface area contributed by atoms with Gasteiger partial charge in [-0.05, 0) is 103 Å². The second-order valence-electron chi connectivity index (χ2n) is 12.5. The fraction of sp³-hybridized carbons (Fsp3) is 0.852. The van der Waals surface area contributed by atoms with Crippen LogP contribution in [0.1, 0.15) is 73.1 Å². The lowest BCUT2D eigenvalue weighted by molar-refractivity contribution is -0.0976. The van der Waals surface area contributed by atoms with Crippen LogP contribution in [0.15, 0.2) is 23.3 Å². The van der Waals surface area contributed by atoms with E-state index in [0.29, 0.717) is 13.2 Å². The van der Waals surface area contributed by atoms with Gasteiger partial charge in [0.05, 0.1) is 24.9 Å². The van der Waals surface area contributed by atoms with Gasteiger partial charge in [-0.15, -0.1) is 0 Å². The summed E-state index contributed by atoms with van der Waals surface area (Å²) in [6.45, 7) is 26.5. The predicted octanol–water partition coefficient (Wildman–Crippen LogP) is 8.35. The molecule has 188 valence electrons. The van der Waals surface area contributed by atoms with Crippen molar-refractivity contribution >= 4 is 16.6 Å². The van der Waals surface area contributed by atoms with Crippen molar-refractivity contribution in [1.29, 1.82) is 0 Å². The number of hydrogen-bond donors (Lipinski definition) is 0. The fourth-order valence-corrected chi connectivity index (χ4v) is 5.98. The Morgan fingerprint density at radius 2 is 1.75 bits per heavy atom. The van der Waals surface area contributed by atoms with Crippen LogP contribution in [0.4, 0.5) is 0 Å². The average molecular weight is 483 g/mol. The number of allylic oxidation sites excluding steroid dienone is 2. The summed E-state index contributed by atoms with van der Waals surface area (Å²) in [5.41, 5.74) is 2.59. The van der Waals surface area contributed by atoms with Gasteiger partial charge in [-0.1, -0.05) is 44.4 Å². The Kier molecular flexibility index (Phi) is 12.1. The Morgan fingerprint density at radius 1 is 1.09 bits per heavy atom. The molecule has 0 amide bonds. The van der Waals surface area contributed by atoms with Crippen molar-refractivity contribution in [3.63, 3.8) is 0 Å². The summed E-state index contributed by atoms with van der Waals surface area (Å²) in [6, 6.07) is 0. The molecule has 0 aromatic carbocycles. The van der Waals surface area contributed by atoms with Crippen LogP contribution < -0.4 is 0 Å². The Morgan fingerprint density at radius 3 is 2.31 bits per heavy atom. The molecule has 4 atom stereocenters. The van der Waals surface area contributed by atoms with Gasteiger partial charge in [-0.2, -0.15) is 0 Å². The van der Waals surface area contributed by atoms with E-state index in [1.807, 2.05) is 0 Å². The first kappa shape index (κ1) is 29.8. The molecule has 1 fully saturated rings. The van der Waals surface area contributed by atoms with Crippen LogP contribution >= 0.6 is 0 Å². The van der Waals surface area contributed by atoms with Gasteiger partial charge in [0.2, 0.25) is 0 Å². The molecule has 0 radical (unpaired) electrons. The third kappa shape index (κ3) is 12.3. The fourth-order valence-electron chi connectivity index (χ4n) is 4.17. The maximum Gasteiger partial charge on any atom is 0.184 e. The minimum absolute atomic E-state index is 0.177. The SMILES string of the molecule is CC(C)=CCC(C)C(C)CCC[C@]1(C)OCC(=CCO[Si](C)(C)C)CC[C@H]1O[Si](C)(C)C. The molecule has 1 heterocycles. The normalized spacial score (nSPS) is 26.0. The number of rotatable bonds is 12. The molecule has 3 nitrogen and oxygen atoms in total. The Hall–Kier alpha value is -0.206. The van der Waals surface area contributed by atoms with E-state index in [-0.39, 0.29) is 11.7 Å². The summed E-state index contributed by atoms with van der Waals surface area (Å²) in [5.74, 6) is 1.45. The zero-order chi connectivity index (χ0) is 24.6. The summed E-state index contributed by atoms with van der Waals surface area (Å²) in [6.07, 6.45) is 11.6. The second kappa shape index (κ2) is 13.0. The summed E-state index contributed by atoms with van der Waals surface area (Å²) < 4.78 is 19.4. The molecule has 0 N–H and O–H groups in total. The summed E-state index contributed by atoms with van der Waals surface area (Å²) in [5, 5.41) is 0. The van der Waals surface area contributed by atoms with Crippen LogP contribution in [0.3, 0.4) is 0 Å². The maximum atomic E-state index is 6.71. The van der Waals surface area contributed by atoms with E-state index < -0.39 is 16.6 Å². The van der Waals surface area contributed by atoms with Crippen LogP contribution in [0, 0.1) is 11.8 Å². The molecule has 1 aliphatic rings. The highest BCUT2D eigenvalue weighted by molar-refractivity contribution is 6.70. The molecule has 0 aromatic heterocycles. The second-order valence-corrected chi connectivity index (χ2v) is 21.5. The van der Waals surface area contributed by atoms with E-state index in [4.69, 9.17) is 13.6 Å². The molecule has 1 aliphatic heterocycles. The molecule has 1 rings (SSSR count). The zero-order valence-corrected chi connectivity index (χ0v) is 25.3. The Bertz CT molecular complexity index is 611. The molecular weight excluding hydrogens is 428 g/mol. The highest BCUT2D eigenvalue weighted by Gasteiger charge is 2.40. The third-order valence-electron chi connectivity index (χ3n) is 6.58. The van der Waals surface area contributed by atoms with Crippen molar-refractivity contribution in [2.24, 2.45) is 11.8 Å². The highest BCUT2D eigenvalue weighted by atomic mass is 28.4. The summed E-state index contributed by atoms with van der Waals surface area (Å²) in [7, 11) is -3.14. The largest absolute Gasteiger partial charge is 0.414 e. The lowest BCUT2D eigenvalue weighted by Gasteiger charge is -2.39. The van der Waals surface area contributed by atoms with Crippen LogP contribution in [0.5, 0.6) is 0 Å². The molecule has 5 heteroatoms. The van der Waals surface area contributed by atoms with Crippen molar-refractivity contribution in [3.8, 4) is 0 Å². The molecule has 0 aliphatic carbocycles. The van der Waals surface area contributed by atoms with Gasteiger partial charge in [0.25, 0.3) is 0 Å². The molecule has 0 bridgehead atoms. The third-order valence-corrected chi connectivity index (χ3v) is 8.61. The van der Waals surface area contributed by atoms with Gasteiger partial charge in [-0.3, -0.25) is 0 Å². The van der Waals surface area contributed by atoms with Crippen LogP contribution in [0.2, 0.25) is 39.3 Å². The molecule has 1 saturated heterocycles. The molecule has 32 heavy (non-hydrogen) atoms. The molecule has 2 unspecified atom stereocenters. The van der Waals surface area contributed by atoms with E-state index in [1.54, 1.807) is 0 Å². The topological polar surface area (TPSA) is 27.7 Å². The van der Waals surface area contributed by atoms with Gasteiger partial charge in [0.15, 0.2) is 16.6 Å². The zero-order valence-electron chi connectivity index (χ0n) is 23.3. The minimum atomic E-state index is -1.65. The minimum Gasteiger partial charge on any atom is -0.414 e. The Labute approximate surface area is 202 Å². The quantitative estimate of drug-likeness (QED) is 0.206. The van der Waals surface area contributed by atoms with Crippen LogP contribution in [0.25, 0.3) is 0 Å². The molecule has 0 aromatic rings. The number of hydrogen-bond acceptors (Lipinski definition) is 3. The van der Waals surface area contributed by atoms with Crippen molar-refractivity contribution in [2.45, 2.75) is 124 Å². The lowest BCUT2D eigenvalue weighted by Crippen LogP contribution is -2.47. The monoisotopic (exact) mass is 482 g/mol. The molecular formula is C27H54O3Si2. The first-order valence-corrected chi connectivity index (χ1v) is 19.7. The van der Waals surface area contributed by atoms with Gasteiger partial charge >= 0.3 is 0 Å². The van der Waals surface area contributed by atoms with Gasteiger partial charge in [-0.25, -0.2) is 0 Å². The summed E-state index contributed by atoms with van der Waals surface area (Å²) >= 11 is 0. The number of ether oxygens (including phenoxy) is 1. The van der Waals surface area contributed by atoms with E-state index in [9.17, 15) is 0 Å². The summed E-state index contributed by atoms with van der Waals surface area (Å²) in [4.78, 5) is 0. The smallest absolute Gasteiger partial charge is 0.184 e. The Balaban J connectivity index is 2.78. The average Bonchev–Trinajstić information content (AvgIpc) is 2.78. The first-order chi connectivity index (χ1) is 14.6. The van der Waals surface area contributed by atoms with Gasteiger partial charge in [0.1, 0.15) is 0 Å². The van der Waals surface area contributed by atoms with E-state index in [1.165, 1.54) is 30.4 Å².